The second-order valence-electron chi connectivity index (χ2n) is 7.30. The summed E-state index contributed by atoms with van der Waals surface area (Å²) in [6.07, 6.45) is 7.56. The van der Waals surface area contributed by atoms with Gasteiger partial charge in [0, 0.05) is 25.0 Å². The van der Waals surface area contributed by atoms with Crippen LogP contribution in [-0.2, 0) is 6.54 Å². The molecule has 150 valence electrons. The average molecular weight is 391 g/mol. The number of hydrogen-bond donors (Lipinski definition) is 1. The highest BCUT2D eigenvalue weighted by atomic mass is 16.2. The molecule has 0 spiro atoms. The molecule has 0 aliphatic carbocycles. The Labute approximate surface area is 169 Å². The van der Waals surface area contributed by atoms with E-state index in [1.54, 1.807) is 16.8 Å². The van der Waals surface area contributed by atoms with E-state index in [4.69, 9.17) is 0 Å². The summed E-state index contributed by atoms with van der Waals surface area (Å²) in [4.78, 5) is 36.7. The van der Waals surface area contributed by atoms with Gasteiger partial charge >= 0.3 is 0 Å². The largest absolute Gasteiger partial charge is 0.345 e. The molecule has 0 aromatic carbocycles. The van der Waals surface area contributed by atoms with Crippen molar-refractivity contribution in [3.8, 4) is 0 Å². The Hall–Kier alpha value is -3.22. The lowest BCUT2D eigenvalue weighted by Gasteiger charge is -2.34. The summed E-state index contributed by atoms with van der Waals surface area (Å²) >= 11 is 0. The molecule has 0 saturated carbocycles. The number of carbonyl (C=O) groups excluding carboxylic acids is 2. The number of likely N-dealkylation sites (tertiary alicyclic amines) is 1. The van der Waals surface area contributed by atoms with Gasteiger partial charge in [-0.1, -0.05) is 19.1 Å². The van der Waals surface area contributed by atoms with Crippen molar-refractivity contribution >= 4 is 17.3 Å². The van der Waals surface area contributed by atoms with Gasteiger partial charge in [0.15, 0.2) is 5.69 Å². The van der Waals surface area contributed by atoms with Gasteiger partial charge in [-0.15, -0.1) is 0 Å². The van der Waals surface area contributed by atoms with E-state index in [-0.39, 0.29) is 23.6 Å². The molecule has 7 heteroatoms. The number of nitrogens with one attached hydrogen (secondary N) is 1. The Morgan fingerprint density at radius 3 is 2.83 bits per heavy atom. The zero-order valence-corrected chi connectivity index (χ0v) is 16.5. The molecule has 29 heavy (non-hydrogen) atoms. The molecular formula is C22H25N5O2. The number of pyridine rings is 2. The minimum atomic E-state index is -0.316. The summed E-state index contributed by atoms with van der Waals surface area (Å²) in [6.45, 7) is 3.15. The van der Waals surface area contributed by atoms with Gasteiger partial charge in [0.25, 0.3) is 11.8 Å². The van der Waals surface area contributed by atoms with Gasteiger partial charge in [-0.05, 0) is 49.9 Å². The highest BCUT2D eigenvalue weighted by Crippen LogP contribution is 2.23. The zero-order chi connectivity index (χ0) is 20.2. The van der Waals surface area contributed by atoms with Crippen LogP contribution >= 0.6 is 0 Å². The number of rotatable bonds is 5. The first-order valence-electron chi connectivity index (χ1n) is 10.1. The van der Waals surface area contributed by atoms with Crippen molar-refractivity contribution in [2.75, 3.05) is 6.54 Å². The maximum absolute atomic E-state index is 13.3. The predicted octanol–water partition coefficient (Wildman–Crippen LogP) is 3.06. The van der Waals surface area contributed by atoms with E-state index < -0.39 is 0 Å². The van der Waals surface area contributed by atoms with Crippen LogP contribution in [0.4, 0.5) is 0 Å². The Kier molecular flexibility index (Phi) is 5.55. The monoisotopic (exact) mass is 391 g/mol. The summed E-state index contributed by atoms with van der Waals surface area (Å²) in [7, 11) is 0. The first-order valence-corrected chi connectivity index (χ1v) is 10.1. The second-order valence-corrected chi connectivity index (χ2v) is 7.30. The second kappa shape index (κ2) is 8.43. The first kappa shape index (κ1) is 19.1. The lowest BCUT2D eigenvalue weighted by atomic mass is 10.00. The van der Waals surface area contributed by atoms with Gasteiger partial charge in [-0.25, -0.2) is 4.98 Å². The highest BCUT2D eigenvalue weighted by molar-refractivity contribution is 6.02. The number of amides is 2. The maximum atomic E-state index is 13.3. The SMILES string of the molecule is CCC1CCCCN1C(=O)c1nc(C(=O)NCc2ccccn2)c2ccccn12. The van der Waals surface area contributed by atoms with Crippen molar-refractivity contribution in [3.63, 3.8) is 0 Å². The molecule has 7 nitrogen and oxygen atoms in total. The van der Waals surface area contributed by atoms with E-state index in [0.29, 0.717) is 17.9 Å². The molecule has 3 aromatic heterocycles. The highest BCUT2D eigenvalue weighted by Gasteiger charge is 2.30. The third-order valence-corrected chi connectivity index (χ3v) is 5.47. The van der Waals surface area contributed by atoms with E-state index >= 15 is 0 Å². The van der Waals surface area contributed by atoms with Crippen LogP contribution in [0.3, 0.4) is 0 Å². The Morgan fingerprint density at radius 2 is 2.03 bits per heavy atom. The summed E-state index contributed by atoms with van der Waals surface area (Å²) < 4.78 is 1.72. The van der Waals surface area contributed by atoms with Gasteiger partial charge in [-0.3, -0.25) is 19.0 Å². The number of hydrogen-bond acceptors (Lipinski definition) is 4. The number of fused-ring (bicyclic) bond motifs is 1. The van der Waals surface area contributed by atoms with Crippen molar-refractivity contribution < 1.29 is 9.59 Å². The van der Waals surface area contributed by atoms with Gasteiger partial charge in [0.05, 0.1) is 17.8 Å². The van der Waals surface area contributed by atoms with Crippen LogP contribution in [0, 0.1) is 0 Å². The quantitative estimate of drug-likeness (QED) is 0.725. The topological polar surface area (TPSA) is 79.6 Å². The molecule has 1 atom stereocenters. The third-order valence-electron chi connectivity index (χ3n) is 5.47. The molecule has 4 rings (SSSR count). The van der Waals surface area contributed by atoms with Crippen LogP contribution in [-0.4, -0.2) is 43.7 Å². The number of carbonyl (C=O) groups is 2. The van der Waals surface area contributed by atoms with Crippen LogP contribution < -0.4 is 5.32 Å². The molecule has 1 N–H and O–H groups in total. The Balaban J connectivity index is 1.62. The van der Waals surface area contributed by atoms with Gasteiger partial charge < -0.3 is 10.2 Å². The van der Waals surface area contributed by atoms with E-state index in [9.17, 15) is 9.59 Å². The van der Waals surface area contributed by atoms with E-state index in [2.05, 4.69) is 22.2 Å². The maximum Gasteiger partial charge on any atom is 0.290 e. The predicted molar refractivity (Wildman–Crippen MR) is 110 cm³/mol. The van der Waals surface area contributed by atoms with Crippen LogP contribution in [0.5, 0.6) is 0 Å². The molecule has 1 saturated heterocycles. The van der Waals surface area contributed by atoms with Crippen LogP contribution in [0.2, 0.25) is 0 Å². The third kappa shape index (κ3) is 3.85. The fourth-order valence-corrected chi connectivity index (χ4v) is 3.93. The molecule has 3 aromatic rings. The summed E-state index contributed by atoms with van der Waals surface area (Å²) in [6, 6.07) is 11.3. The van der Waals surface area contributed by atoms with Crippen molar-refractivity contribution in [2.24, 2.45) is 0 Å². The number of imidazole rings is 1. The van der Waals surface area contributed by atoms with E-state index in [0.717, 1.165) is 37.9 Å². The summed E-state index contributed by atoms with van der Waals surface area (Å²) in [5.74, 6) is -0.130. The standard InChI is InChI=1S/C22H25N5O2/c1-2-17-10-4-7-13-26(17)22(29)20-25-19(18-11-5-8-14-27(18)20)21(28)24-15-16-9-3-6-12-23-16/h3,5-6,8-9,11-12,14,17H,2,4,7,10,13,15H2,1H3,(H,24,28). The molecule has 1 aliphatic rings. The molecule has 2 amide bonds. The number of aromatic nitrogens is 3. The normalized spacial score (nSPS) is 16.7. The minimum Gasteiger partial charge on any atom is -0.345 e. The lowest BCUT2D eigenvalue weighted by Crippen LogP contribution is -2.44. The van der Waals surface area contributed by atoms with Gasteiger partial charge in [-0.2, -0.15) is 0 Å². The Morgan fingerprint density at radius 1 is 1.17 bits per heavy atom. The molecule has 1 aliphatic heterocycles. The van der Waals surface area contributed by atoms with Crippen molar-refractivity contribution in [1.29, 1.82) is 0 Å². The summed E-state index contributed by atoms with van der Waals surface area (Å²) in [5.41, 5.74) is 1.65. The first-order chi connectivity index (χ1) is 14.2. The lowest BCUT2D eigenvalue weighted by molar-refractivity contribution is 0.0594. The molecule has 1 unspecified atom stereocenters. The number of piperidine rings is 1. The molecular weight excluding hydrogens is 366 g/mol. The zero-order valence-electron chi connectivity index (χ0n) is 16.5. The molecule has 0 radical (unpaired) electrons. The van der Waals surface area contributed by atoms with Crippen molar-refractivity contribution in [2.45, 2.75) is 45.2 Å². The van der Waals surface area contributed by atoms with Crippen LogP contribution in [0.15, 0.2) is 48.8 Å². The van der Waals surface area contributed by atoms with Crippen molar-refractivity contribution in [3.05, 3.63) is 66.0 Å². The summed E-state index contributed by atoms with van der Waals surface area (Å²) in [5, 5.41) is 2.86. The van der Waals surface area contributed by atoms with E-state index in [1.165, 1.54) is 0 Å². The number of nitrogens with zero attached hydrogens (tertiary/aromatic N) is 4. The van der Waals surface area contributed by atoms with Crippen LogP contribution in [0.25, 0.3) is 5.52 Å². The minimum absolute atomic E-state index is 0.110. The fourth-order valence-electron chi connectivity index (χ4n) is 3.93. The Bertz CT molecular complexity index is 1010. The van der Waals surface area contributed by atoms with Crippen molar-refractivity contribution in [1.82, 2.24) is 24.6 Å². The average Bonchev–Trinajstić information content (AvgIpc) is 3.17. The fraction of sp³-hybridized carbons (Fsp3) is 0.364. The molecule has 0 bridgehead atoms. The van der Waals surface area contributed by atoms with Gasteiger partial charge in [0.2, 0.25) is 5.82 Å². The smallest absolute Gasteiger partial charge is 0.290 e. The molecule has 4 heterocycles. The van der Waals surface area contributed by atoms with E-state index in [1.807, 2.05) is 41.3 Å². The molecule has 1 fully saturated rings. The van der Waals surface area contributed by atoms with Crippen LogP contribution in [0.1, 0.15) is 59.4 Å². The van der Waals surface area contributed by atoms with Gasteiger partial charge in [0.1, 0.15) is 0 Å².